The first-order chi connectivity index (χ1) is 9.10. The summed E-state index contributed by atoms with van der Waals surface area (Å²) in [7, 11) is 1.40. The summed E-state index contributed by atoms with van der Waals surface area (Å²) in [5.74, 6) is 0.225. The van der Waals surface area contributed by atoms with E-state index >= 15 is 0 Å². The maximum atomic E-state index is 10.9. The maximum Gasteiger partial charge on any atom is 0.331 e. The fraction of sp³-hybridized carbons (Fsp3) is 0.0833. The van der Waals surface area contributed by atoms with Gasteiger partial charge >= 0.3 is 11.6 Å². The number of nitro groups is 1. The third kappa shape index (κ3) is 2.89. The lowest BCUT2D eigenvalue weighted by atomic mass is 10.3. The Labute approximate surface area is 108 Å². The van der Waals surface area contributed by atoms with Crippen LogP contribution in [0.1, 0.15) is 0 Å². The predicted molar refractivity (Wildman–Crippen MR) is 65.6 cm³/mol. The number of rotatable bonds is 4. The molecule has 19 heavy (non-hydrogen) atoms. The average Bonchev–Trinajstić information content (AvgIpc) is 2.38. The Morgan fingerprint density at radius 3 is 2.74 bits per heavy atom. The van der Waals surface area contributed by atoms with Gasteiger partial charge < -0.3 is 14.6 Å². The Kier molecular flexibility index (Phi) is 3.46. The van der Waals surface area contributed by atoms with Gasteiger partial charge in [-0.15, -0.1) is 0 Å². The molecule has 0 amide bonds. The van der Waals surface area contributed by atoms with E-state index in [2.05, 4.69) is 4.98 Å². The highest BCUT2D eigenvalue weighted by Gasteiger charge is 2.18. The van der Waals surface area contributed by atoms with Gasteiger partial charge in [0.25, 0.3) is 0 Å². The molecule has 0 saturated carbocycles. The molecule has 1 N–H and O–H groups in total. The number of pyridine rings is 1. The number of hydrogen-bond acceptors (Lipinski definition) is 6. The molecule has 7 heteroatoms. The molecule has 0 saturated heterocycles. The number of hydrogen-bond donors (Lipinski definition) is 1. The van der Waals surface area contributed by atoms with Crippen molar-refractivity contribution >= 4 is 5.69 Å². The van der Waals surface area contributed by atoms with Gasteiger partial charge in [0.05, 0.1) is 12.0 Å². The first kappa shape index (κ1) is 12.6. The number of ether oxygens (including phenoxy) is 2. The van der Waals surface area contributed by atoms with E-state index < -0.39 is 4.92 Å². The van der Waals surface area contributed by atoms with Gasteiger partial charge in [-0.2, -0.15) is 4.98 Å². The Bertz CT molecular complexity index is 615. The lowest BCUT2D eigenvalue weighted by Crippen LogP contribution is -1.97. The summed E-state index contributed by atoms with van der Waals surface area (Å²) in [4.78, 5) is 14.1. The molecule has 0 aliphatic heterocycles. The quantitative estimate of drug-likeness (QED) is 0.671. The van der Waals surface area contributed by atoms with Crippen LogP contribution in [0.4, 0.5) is 5.69 Å². The Morgan fingerprint density at radius 1 is 1.32 bits per heavy atom. The van der Waals surface area contributed by atoms with Gasteiger partial charge in [0.15, 0.2) is 0 Å². The van der Waals surface area contributed by atoms with Crippen molar-refractivity contribution in [1.29, 1.82) is 0 Å². The van der Waals surface area contributed by atoms with Crippen molar-refractivity contribution in [3.8, 4) is 23.3 Å². The molecular formula is C12H10N2O5. The van der Waals surface area contributed by atoms with Gasteiger partial charge in [0, 0.05) is 18.2 Å². The van der Waals surface area contributed by atoms with Gasteiger partial charge in [0.2, 0.25) is 5.88 Å². The predicted octanol–water partition coefficient (Wildman–Crippen LogP) is 2.50. The molecule has 2 aromatic rings. The molecule has 0 aliphatic rings. The number of methoxy groups -OCH3 is 1. The van der Waals surface area contributed by atoms with Crippen LogP contribution in [-0.2, 0) is 0 Å². The third-order valence-corrected chi connectivity index (χ3v) is 2.25. The molecule has 0 atom stereocenters. The summed E-state index contributed by atoms with van der Waals surface area (Å²) in [6.45, 7) is 0. The van der Waals surface area contributed by atoms with Gasteiger partial charge in [-0.25, -0.2) is 0 Å². The van der Waals surface area contributed by atoms with Crippen LogP contribution >= 0.6 is 0 Å². The molecule has 2 rings (SSSR count). The zero-order chi connectivity index (χ0) is 13.8. The molecule has 0 fully saturated rings. The number of aromatic nitrogens is 1. The number of phenolic OH excluding ortho intramolecular Hbond substituents is 1. The molecule has 1 aromatic carbocycles. The van der Waals surface area contributed by atoms with Crippen molar-refractivity contribution in [2.75, 3.05) is 7.11 Å². The minimum absolute atomic E-state index is 0.0111. The third-order valence-electron chi connectivity index (χ3n) is 2.25. The highest BCUT2D eigenvalue weighted by Crippen LogP contribution is 2.32. The average molecular weight is 262 g/mol. The number of phenols is 1. The number of aromatic hydroxyl groups is 1. The van der Waals surface area contributed by atoms with Crippen molar-refractivity contribution in [1.82, 2.24) is 4.98 Å². The van der Waals surface area contributed by atoms with E-state index in [9.17, 15) is 15.2 Å². The van der Waals surface area contributed by atoms with E-state index in [0.29, 0.717) is 0 Å². The molecule has 7 nitrogen and oxygen atoms in total. The first-order valence-electron chi connectivity index (χ1n) is 5.26. The number of nitrogens with zero attached hydrogens (tertiary/aromatic N) is 2. The zero-order valence-corrected chi connectivity index (χ0v) is 9.94. The van der Waals surface area contributed by atoms with Crippen LogP contribution in [0.15, 0.2) is 36.4 Å². The SMILES string of the molecule is COc1ccc([N+](=O)[O-])c(Oc2cccc(O)c2)n1. The van der Waals surface area contributed by atoms with E-state index in [0.717, 1.165) is 0 Å². The van der Waals surface area contributed by atoms with Gasteiger partial charge in [-0.05, 0) is 12.1 Å². The standard InChI is InChI=1S/C12H10N2O5/c1-18-11-6-5-10(14(16)17)12(13-11)19-9-4-2-3-8(15)7-9/h2-7,15H,1H3. The van der Waals surface area contributed by atoms with Crippen molar-refractivity contribution < 1.29 is 19.5 Å². The van der Waals surface area contributed by atoms with E-state index in [1.54, 1.807) is 12.1 Å². The maximum absolute atomic E-state index is 10.9. The molecule has 0 unspecified atom stereocenters. The molecule has 0 radical (unpaired) electrons. The summed E-state index contributed by atoms with van der Waals surface area (Å²) in [6.07, 6.45) is 0. The fourth-order valence-corrected chi connectivity index (χ4v) is 1.40. The smallest absolute Gasteiger partial charge is 0.331 e. The second-order valence-corrected chi connectivity index (χ2v) is 3.53. The molecule has 1 aromatic heterocycles. The van der Waals surface area contributed by atoms with Gasteiger partial charge in [-0.1, -0.05) is 6.07 Å². The summed E-state index contributed by atoms with van der Waals surface area (Å²) in [5, 5.41) is 20.2. The van der Waals surface area contributed by atoms with Crippen LogP contribution in [0.5, 0.6) is 23.3 Å². The fourth-order valence-electron chi connectivity index (χ4n) is 1.40. The molecule has 0 spiro atoms. The zero-order valence-electron chi connectivity index (χ0n) is 9.94. The van der Waals surface area contributed by atoms with E-state index in [1.165, 1.54) is 31.4 Å². The second kappa shape index (κ2) is 5.21. The number of benzene rings is 1. The Balaban J connectivity index is 2.39. The molecule has 1 heterocycles. The van der Waals surface area contributed by atoms with Crippen LogP contribution in [-0.4, -0.2) is 22.1 Å². The van der Waals surface area contributed by atoms with Crippen LogP contribution in [0.25, 0.3) is 0 Å². The molecule has 0 bridgehead atoms. The van der Waals surface area contributed by atoms with Crippen LogP contribution in [0.2, 0.25) is 0 Å². The minimum atomic E-state index is -0.607. The van der Waals surface area contributed by atoms with Crippen molar-refractivity contribution in [2.45, 2.75) is 0 Å². The first-order valence-corrected chi connectivity index (χ1v) is 5.26. The highest BCUT2D eigenvalue weighted by atomic mass is 16.6. The topological polar surface area (TPSA) is 94.7 Å². The van der Waals surface area contributed by atoms with Crippen molar-refractivity contribution in [3.05, 3.63) is 46.5 Å². The summed E-state index contributed by atoms with van der Waals surface area (Å²) in [5.41, 5.74) is -0.288. The Hall–Kier alpha value is -2.83. The van der Waals surface area contributed by atoms with E-state index in [4.69, 9.17) is 9.47 Å². The van der Waals surface area contributed by atoms with Crippen LogP contribution in [0.3, 0.4) is 0 Å². The minimum Gasteiger partial charge on any atom is -0.508 e. The molecular weight excluding hydrogens is 252 g/mol. The highest BCUT2D eigenvalue weighted by molar-refractivity contribution is 5.46. The normalized spacial score (nSPS) is 9.95. The Morgan fingerprint density at radius 2 is 2.11 bits per heavy atom. The van der Waals surface area contributed by atoms with Gasteiger partial charge in [0.1, 0.15) is 11.5 Å². The lowest BCUT2D eigenvalue weighted by molar-refractivity contribution is -0.386. The van der Waals surface area contributed by atoms with Crippen LogP contribution < -0.4 is 9.47 Å². The lowest BCUT2D eigenvalue weighted by Gasteiger charge is -2.06. The van der Waals surface area contributed by atoms with Crippen molar-refractivity contribution in [3.63, 3.8) is 0 Å². The van der Waals surface area contributed by atoms with Crippen LogP contribution in [0, 0.1) is 10.1 Å². The molecule has 0 aliphatic carbocycles. The van der Waals surface area contributed by atoms with E-state index in [-0.39, 0.29) is 28.9 Å². The summed E-state index contributed by atoms with van der Waals surface area (Å²) < 4.78 is 10.2. The summed E-state index contributed by atoms with van der Waals surface area (Å²) >= 11 is 0. The molecule has 98 valence electrons. The largest absolute Gasteiger partial charge is 0.508 e. The van der Waals surface area contributed by atoms with Crippen molar-refractivity contribution in [2.24, 2.45) is 0 Å². The second-order valence-electron chi connectivity index (χ2n) is 3.53. The van der Waals surface area contributed by atoms with E-state index in [1.807, 2.05) is 0 Å². The summed E-state index contributed by atoms with van der Waals surface area (Å²) in [6, 6.07) is 8.49. The monoisotopic (exact) mass is 262 g/mol. The van der Waals surface area contributed by atoms with Gasteiger partial charge in [-0.3, -0.25) is 10.1 Å².